The third-order valence-electron chi connectivity index (χ3n) is 8.50. The molecule has 0 unspecified atom stereocenters. The van der Waals surface area contributed by atoms with Gasteiger partial charge in [-0.2, -0.15) is 0 Å². The van der Waals surface area contributed by atoms with Crippen molar-refractivity contribution in [2.24, 2.45) is 0 Å². The minimum Gasteiger partial charge on any atom is -0.207 e. The first-order valence-corrected chi connectivity index (χ1v) is 17.5. The molecule has 0 heterocycles. The van der Waals surface area contributed by atoms with E-state index in [1.54, 1.807) is 0 Å². The molecule has 0 aromatic heterocycles. The second-order valence-corrected chi connectivity index (χ2v) is 15.6. The molecule has 0 aliphatic rings. The Labute approximate surface area is 321 Å². The second kappa shape index (κ2) is 16.4. The fraction of sp³-hybridized carbons (Fsp3) is 0.0909. The first kappa shape index (κ1) is 48.2. The predicted octanol–water partition coefficient (Wildman–Crippen LogP) is 8.49. The molecule has 0 saturated carbocycles. The van der Waals surface area contributed by atoms with Crippen molar-refractivity contribution in [2.45, 2.75) is 5.75 Å². The molecule has 0 atom stereocenters. The number of halogens is 25. The maximum absolute atomic E-state index is 15.4. The molecule has 0 aliphatic carbocycles. The van der Waals surface area contributed by atoms with Crippen LogP contribution < -0.4 is 21.9 Å². The first-order chi connectivity index (χ1) is 27.9. The van der Waals surface area contributed by atoms with Crippen LogP contribution in [0.25, 0.3) is 0 Å². The summed E-state index contributed by atoms with van der Waals surface area (Å²) in [6, 6.07) is 0. The van der Waals surface area contributed by atoms with Crippen LogP contribution in [-0.2, 0) is 19.9 Å². The van der Waals surface area contributed by atoms with Crippen LogP contribution in [0.4, 0.5) is 110 Å². The van der Waals surface area contributed by atoms with Crippen molar-refractivity contribution in [1.82, 2.24) is 0 Å². The highest BCUT2D eigenvalue weighted by molar-refractivity contribution is 8.00. The quantitative estimate of drug-likeness (QED) is 0.0550. The van der Waals surface area contributed by atoms with Crippen molar-refractivity contribution in [3.63, 3.8) is 0 Å². The summed E-state index contributed by atoms with van der Waals surface area (Å²) in [6.45, 7) is 0. The highest BCUT2D eigenvalue weighted by atomic mass is 32.2. The standard InChI is InChI=1S/C24BF20.C9H8F5OS/c26-5-1(6(27)14(35)21(42)13(5)34)25(2-7(28)15(36)22(43)16(37)8(2)29,3-9(30)17(38)23(44)18(39)10(3)31)4-11(32)19(40)24(45)20(41)12(4)33;1-16(2,15)3-4-5(10)7(12)9(14)8(13)6(4)11/h;3H2,1-2H3/q-1;+1. The molecular formula is C33H8BF25OS. The average Bonchev–Trinajstić information content (AvgIpc) is 3.20. The molecule has 0 amide bonds. The molecule has 0 radical (unpaired) electrons. The highest BCUT2D eigenvalue weighted by Crippen LogP contribution is 2.31. The Hall–Kier alpha value is -5.44. The zero-order valence-electron chi connectivity index (χ0n) is 28.6. The summed E-state index contributed by atoms with van der Waals surface area (Å²) in [7, 11) is -2.65. The van der Waals surface area contributed by atoms with Gasteiger partial charge in [-0.25, -0.2) is 110 Å². The van der Waals surface area contributed by atoms with Gasteiger partial charge >= 0.3 is 0 Å². The summed E-state index contributed by atoms with van der Waals surface area (Å²) in [5, 5.41) is 0. The van der Waals surface area contributed by atoms with E-state index in [1.165, 1.54) is 12.5 Å². The number of hydrogen-bond acceptors (Lipinski definition) is 1. The maximum Gasteiger partial charge on any atom is 0.200 e. The van der Waals surface area contributed by atoms with E-state index >= 15 is 35.1 Å². The number of hydrogen-bond donors (Lipinski definition) is 0. The largest absolute Gasteiger partial charge is 0.207 e. The van der Waals surface area contributed by atoms with Gasteiger partial charge in [0.1, 0.15) is 70.9 Å². The lowest BCUT2D eigenvalue weighted by atomic mass is 9.12. The molecule has 0 saturated heterocycles. The van der Waals surface area contributed by atoms with E-state index in [9.17, 15) is 78.8 Å². The van der Waals surface area contributed by atoms with Crippen LogP contribution in [0.2, 0.25) is 0 Å². The molecule has 28 heteroatoms. The predicted molar refractivity (Wildman–Crippen MR) is 159 cm³/mol. The Bertz CT molecular complexity index is 2320. The summed E-state index contributed by atoms with van der Waals surface area (Å²) < 4.78 is 370. The third-order valence-corrected chi connectivity index (χ3v) is 9.48. The smallest absolute Gasteiger partial charge is 0.200 e. The molecule has 0 fully saturated rings. The Morgan fingerprint density at radius 1 is 0.262 bits per heavy atom. The van der Waals surface area contributed by atoms with Gasteiger partial charge in [-0.05, 0) is 0 Å². The Morgan fingerprint density at radius 3 is 0.541 bits per heavy atom. The van der Waals surface area contributed by atoms with Crippen LogP contribution in [0.3, 0.4) is 0 Å². The van der Waals surface area contributed by atoms with Crippen LogP contribution in [-0.4, -0.2) is 18.7 Å². The van der Waals surface area contributed by atoms with Crippen molar-refractivity contribution >= 4 is 37.9 Å². The van der Waals surface area contributed by atoms with Crippen LogP contribution in [0, 0.1) is 145 Å². The molecule has 61 heavy (non-hydrogen) atoms. The summed E-state index contributed by atoms with van der Waals surface area (Å²) in [4.78, 5) is 0. The molecule has 1 nitrogen and oxygen atoms in total. The molecule has 330 valence electrons. The van der Waals surface area contributed by atoms with Crippen molar-refractivity contribution in [3.8, 4) is 0 Å². The molecule has 0 N–H and O–H groups in total. The van der Waals surface area contributed by atoms with E-state index in [4.69, 9.17) is 0 Å². The monoisotopic (exact) mass is 938 g/mol. The average molecular weight is 938 g/mol. The topological polar surface area (TPSA) is 17.1 Å². The summed E-state index contributed by atoms with van der Waals surface area (Å²) in [6.07, 6.45) is -4.87. The van der Waals surface area contributed by atoms with Gasteiger partial charge in [0.05, 0.1) is 15.5 Å². The van der Waals surface area contributed by atoms with E-state index in [1.807, 2.05) is 0 Å². The van der Waals surface area contributed by atoms with Gasteiger partial charge in [-0.15, -0.1) is 26.1 Å². The molecule has 0 spiro atoms. The Kier molecular flexibility index (Phi) is 13.0. The van der Waals surface area contributed by atoms with Crippen molar-refractivity contribution < 1.29 is 114 Å². The van der Waals surface area contributed by atoms with Gasteiger partial charge in [0, 0.05) is 0 Å². The van der Waals surface area contributed by atoms with Crippen molar-refractivity contribution in [1.29, 1.82) is 0 Å². The molecule has 5 aromatic carbocycles. The SMILES string of the molecule is C[S+](C)(=O)Cc1c(F)c(F)c(F)c(F)c1F.Fc1c(F)c(F)c([B-](c2c(F)c(F)c(F)c(F)c2F)(c2c(F)c(F)c(F)c(F)c2F)c2c(F)c(F)c(F)c(F)c2F)c(F)c1F. The van der Waals surface area contributed by atoms with Gasteiger partial charge < -0.3 is 0 Å². The maximum atomic E-state index is 15.4. The Morgan fingerprint density at radius 2 is 0.393 bits per heavy atom. The summed E-state index contributed by atoms with van der Waals surface area (Å²) in [5.74, 6) is -82.2. The second-order valence-electron chi connectivity index (χ2n) is 12.4. The van der Waals surface area contributed by atoms with E-state index < -0.39 is 195 Å². The van der Waals surface area contributed by atoms with Gasteiger partial charge in [0.15, 0.2) is 93.1 Å². The zero-order chi connectivity index (χ0) is 47.0. The lowest BCUT2D eigenvalue weighted by Crippen LogP contribution is -2.81. The van der Waals surface area contributed by atoms with Gasteiger partial charge in [-0.1, -0.05) is 0 Å². The zero-order valence-corrected chi connectivity index (χ0v) is 29.4. The summed E-state index contributed by atoms with van der Waals surface area (Å²) >= 11 is 0. The van der Waals surface area contributed by atoms with E-state index in [0.29, 0.717) is 0 Å². The fourth-order valence-electron chi connectivity index (χ4n) is 6.00. The normalized spacial score (nSPS) is 12.0. The first-order valence-electron chi connectivity index (χ1n) is 15.0. The summed E-state index contributed by atoms with van der Waals surface area (Å²) in [5.41, 5.74) is -15.4. The van der Waals surface area contributed by atoms with Gasteiger partial charge in [0.2, 0.25) is 5.82 Å². The van der Waals surface area contributed by atoms with Gasteiger partial charge in [0.25, 0.3) is 0 Å². The van der Waals surface area contributed by atoms with E-state index in [2.05, 4.69) is 0 Å². The molecular weight excluding hydrogens is 930 g/mol. The number of benzene rings is 5. The third kappa shape index (κ3) is 7.31. The minimum atomic E-state index is -7.22. The Balaban J connectivity index is 0.000000430. The van der Waals surface area contributed by atoms with E-state index in [0.717, 1.165) is 0 Å². The fourth-order valence-corrected chi connectivity index (χ4v) is 6.95. The van der Waals surface area contributed by atoms with Crippen LogP contribution >= 0.6 is 0 Å². The van der Waals surface area contributed by atoms with Crippen LogP contribution in [0.5, 0.6) is 0 Å². The molecule has 0 bridgehead atoms. The van der Waals surface area contributed by atoms with Crippen LogP contribution in [0.15, 0.2) is 0 Å². The molecule has 0 aliphatic heterocycles. The lowest BCUT2D eigenvalue weighted by molar-refractivity contribution is 0.372. The number of rotatable bonds is 6. The van der Waals surface area contributed by atoms with E-state index in [-0.39, 0.29) is 0 Å². The highest BCUT2D eigenvalue weighted by Gasteiger charge is 2.52. The molecule has 5 aromatic rings. The van der Waals surface area contributed by atoms with Gasteiger partial charge in [-0.3, -0.25) is 0 Å². The van der Waals surface area contributed by atoms with Crippen molar-refractivity contribution in [2.75, 3.05) is 12.5 Å². The lowest BCUT2D eigenvalue weighted by Gasteiger charge is -2.44. The minimum absolute atomic E-state index is 0.696. The van der Waals surface area contributed by atoms with Crippen LogP contribution in [0.1, 0.15) is 5.56 Å². The van der Waals surface area contributed by atoms with Crippen molar-refractivity contribution in [3.05, 3.63) is 151 Å². The molecule has 5 rings (SSSR count).